The van der Waals surface area contributed by atoms with Crippen LogP contribution in [0.25, 0.3) is 0 Å². The lowest BCUT2D eigenvalue weighted by molar-refractivity contribution is 0.0284. The van der Waals surface area contributed by atoms with Gasteiger partial charge in [-0.2, -0.15) is 0 Å². The summed E-state index contributed by atoms with van der Waals surface area (Å²) in [5.41, 5.74) is 6.41. The zero-order chi connectivity index (χ0) is 18.2. The fraction of sp³-hybridized carbons (Fsp3) is 0.722. The Kier molecular flexibility index (Phi) is 4.75. The maximum absolute atomic E-state index is 12.4. The molecule has 0 radical (unpaired) electrons. The van der Waals surface area contributed by atoms with Crippen LogP contribution in [0.2, 0.25) is 0 Å². The Morgan fingerprint density at radius 3 is 2.84 bits per heavy atom. The number of aryl methyl sites for hydroxylation is 1. The van der Waals surface area contributed by atoms with Gasteiger partial charge in [0.25, 0.3) is 0 Å². The molecule has 7 nitrogen and oxygen atoms in total. The molecule has 2 fully saturated rings. The summed E-state index contributed by atoms with van der Waals surface area (Å²) in [6, 6.07) is 0.263. The molecule has 0 aliphatic carbocycles. The number of carbonyl (C=O) groups is 1. The van der Waals surface area contributed by atoms with Gasteiger partial charge in [0, 0.05) is 25.6 Å². The highest BCUT2D eigenvalue weighted by Crippen LogP contribution is 2.36. The van der Waals surface area contributed by atoms with Crippen LogP contribution in [0.1, 0.15) is 46.2 Å². The van der Waals surface area contributed by atoms with Crippen molar-refractivity contribution in [1.29, 1.82) is 0 Å². The minimum absolute atomic E-state index is 0.228. The lowest BCUT2D eigenvalue weighted by Gasteiger charge is -2.28. The van der Waals surface area contributed by atoms with Crippen molar-refractivity contribution in [2.45, 2.75) is 58.6 Å². The Morgan fingerprint density at radius 1 is 1.40 bits per heavy atom. The molecule has 138 valence electrons. The van der Waals surface area contributed by atoms with Gasteiger partial charge in [0.15, 0.2) is 5.82 Å². The summed E-state index contributed by atoms with van der Waals surface area (Å²) in [4.78, 5) is 25.6. The van der Waals surface area contributed by atoms with Crippen molar-refractivity contribution in [3.63, 3.8) is 0 Å². The van der Waals surface area contributed by atoms with Crippen LogP contribution in [0.4, 0.5) is 16.4 Å². The highest BCUT2D eigenvalue weighted by molar-refractivity contribution is 5.69. The molecule has 2 saturated heterocycles. The first kappa shape index (κ1) is 17.8. The first-order valence-corrected chi connectivity index (χ1v) is 9.14. The molecule has 3 rings (SSSR count). The number of aromatic nitrogens is 2. The molecular formula is C18H29N5O2. The van der Waals surface area contributed by atoms with Crippen LogP contribution in [0.3, 0.4) is 0 Å². The summed E-state index contributed by atoms with van der Waals surface area (Å²) in [6.45, 7) is 10.2. The summed E-state index contributed by atoms with van der Waals surface area (Å²) in [6.07, 6.45) is 4.34. The zero-order valence-electron chi connectivity index (χ0n) is 15.7. The molecule has 1 amide bonds. The van der Waals surface area contributed by atoms with E-state index < -0.39 is 5.60 Å². The first-order chi connectivity index (χ1) is 11.8. The van der Waals surface area contributed by atoms with E-state index in [0.29, 0.717) is 18.3 Å². The predicted octanol–water partition coefficient (Wildman–Crippen LogP) is 2.46. The van der Waals surface area contributed by atoms with E-state index in [-0.39, 0.29) is 12.1 Å². The molecule has 1 aromatic rings. The SMILES string of the molecule is CCCc1ncc(N)nc1N1CCC2CN(C(=O)OC(C)(C)C)CC21. The average Bonchev–Trinajstić information content (AvgIpc) is 3.08. The molecule has 0 bridgehead atoms. The molecule has 7 heteroatoms. The topological polar surface area (TPSA) is 84.6 Å². The van der Waals surface area contributed by atoms with Gasteiger partial charge in [-0.1, -0.05) is 13.3 Å². The summed E-state index contributed by atoms with van der Waals surface area (Å²) >= 11 is 0. The molecule has 0 saturated carbocycles. The summed E-state index contributed by atoms with van der Waals surface area (Å²) in [5.74, 6) is 1.78. The summed E-state index contributed by atoms with van der Waals surface area (Å²) in [7, 11) is 0. The predicted molar refractivity (Wildman–Crippen MR) is 97.5 cm³/mol. The number of amides is 1. The maximum atomic E-state index is 12.4. The number of rotatable bonds is 3. The van der Waals surface area contributed by atoms with Gasteiger partial charge < -0.3 is 20.3 Å². The van der Waals surface area contributed by atoms with E-state index in [1.807, 2.05) is 25.7 Å². The summed E-state index contributed by atoms with van der Waals surface area (Å²) < 4.78 is 5.53. The molecule has 3 heterocycles. The zero-order valence-corrected chi connectivity index (χ0v) is 15.7. The molecule has 2 N–H and O–H groups in total. The van der Waals surface area contributed by atoms with Crippen molar-refractivity contribution in [2.24, 2.45) is 5.92 Å². The van der Waals surface area contributed by atoms with E-state index in [9.17, 15) is 4.79 Å². The molecule has 25 heavy (non-hydrogen) atoms. The monoisotopic (exact) mass is 347 g/mol. The Hall–Kier alpha value is -2.05. The number of hydrogen-bond acceptors (Lipinski definition) is 6. The molecule has 0 spiro atoms. The van der Waals surface area contributed by atoms with Crippen LogP contribution < -0.4 is 10.6 Å². The van der Waals surface area contributed by atoms with Crippen LogP contribution in [-0.4, -0.2) is 52.2 Å². The lowest BCUT2D eigenvalue weighted by atomic mass is 10.1. The minimum Gasteiger partial charge on any atom is -0.444 e. The van der Waals surface area contributed by atoms with Crippen LogP contribution in [0.15, 0.2) is 6.20 Å². The van der Waals surface area contributed by atoms with Gasteiger partial charge in [0.1, 0.15) is 11.4 Å². The average molecular weight is 347 g/mol. The van der Waals surface area contributed by atoms with Crippen molar-refractivity contribution in [2.75, 3.05) is 30.3 Å². The van der Waals surface area contributed by atoms with Crippen molar-refractivity contribution in [3.05, 3.63) is 11.9 Å². The number of nitrogens with two attached hydrogens (primary N) is 1. The van der Waals surface area contributed by atoms with E-state index in [1.165, 1.54) is 0 Å². The van der Waals surface area contributed by atoms with Gasteiger partial charge in [-0.15, -0.1) is 0 Å². The van der Waals surface area contributed by atoms with E-state index >= 15 is 0 Å². The van der Waals surface area contributed by atoms with Crippen LogP contribution in [0, 0.1) is 5.92 Å². The number of anilines is 2. The number of ether oxygens (including phenoxy) is 1. The number of nitrogen functional groups attached to an aromatic ring is 1. The minimum atomic E-state index is -0.470. The fourth-order valence-electron chi connectivity index (χ4n) is 3.76. The number of likely N-dealkylation sites (tertiary alicyclic amines) is 1. The van der Waals surface area contributed by atoms with Crippen LogP contribution >= 0.6 is 0 Å². The number of carbonyl (C=O) groups excluding carboxylic acids is 1. The second-order valence-corrected chi connectivity index (χ2v) is 8.01. The van der Waals surface area contributed by atoms with Gasteiger partial charge in [-0.25, -0.2) is 9.78 Å². The van der Waals surface area contributed by atoms with Crippen molar-refractivity contribution in [1.82, 2.24) is 14.9 Å². The Bertz CT molecular complexity index is 643. The normalized spacial score (nSPS) is 23.0. The molecule has 2 aliphatic heterocycles. The molecular weight excluding hydrogens is 318 g/mol. The smallest absolute Gasteiger partial charge is 0.410 e. The van der Waals surface area contributed by atoms with E-state index in [4.69, 9.17) is 10.5 Å². The van der Waals surface area contributed by atoms with Gasteiger partial charge in [0.05, 0.1) is 17.9 Å². The number of hydrogen-bond donors (Lipinski definition) is 1. The van der Waals surface area contributed by atoms with E-state index in [2.05, 4.69) is 21.8 Å². The molecule has 2 unspecified atom stereocenters. The fourth-order valence-corrected chi connectivity index (χ4v) is 3.76. The van der Waals surface area contributed by atoms with Gasteiger partial charge >= 0.3 is 6.09 Å². The maximum Gasteiger partial charge on any atom is 0.410 e. The quantitative estimate of drug-likeness (QED) is 0.904. The number of nitrogens with zero attached hydrogens (tertiary/aromatic N) is 4. The first-order valence-electron chi connectivity index (χ1n) is 9.14. The third-order valence-electron chi connectivity index (χ3n) is 4.80. The largest absolute Gasteiger partial charge is 0.444 e. The number of fused-ring (bicyclic) bond motifs is 1. The van der Waals surface area contributed by atoms with Crippen molar-refractivity contribution >= 4 is 17.7 Å². The van der Waals surface area contributed by atoms with Gasteiger partial charge in [-0.3, -0.25) is 4.98 Å². The molecule has 2 aliphatic rings. The van der Waals surface area contributed by atoms with Crippen LogP contribution in [0.5, 0.6) is 0 Å². The lowest BCUT2D eigenvalue weighted by Crippen LogP contribution is -2.40. The Balaban J connectivity index is 1.77. The Labute approximate surface area is 149 Å². The second-order valence-electron chi connectivity index (χ2n) is 8.01. The highest BCUT2D eigenvalue weighted by atomic mass is 16.6. The van der Waals surface area contributed by atoms with Crippen molar-refractivity contribution in [3.8, 4) is 0 Å². The standard InChI is InChI=1S/C18H29N5O2/c1-5-6-13-16(21-15(19)9-20-13)23-8-7-12-10-22(11-14(12)23)17(24)25-18(2,3)4/h9,12,14H,5-8,10-11H2,1-4H3,(H2,19,21). The van der Waals surface area contributed by atoms with E-state index in [1.54, 1.807) is 6.20 Å². The van der Waals surface area contributed by atoms with E-state index in [0.717, 1.165) is 43.9 Å². The molecule has 0 aromatic carbocycles. The third-order valence-corrected chi connectivity index (χ3v) is 4.80. The van der Waals surface area contributed by atoms with Crippen molar-refractivity contribution < 1.29 is 9.53 Å². The Morgan fingerprint density at radius 2 is 2.16 bits per heavy atom. The van der Waals surface area contributed by atoms with Gasteiger partial charge in [-0.05, 0) is 33.6 Å². The second kappa shape index (κ2) is 6.69. The van der Waals surface area contributed by atoms with Crippen LogP contribution in [-0.2, 0) is 11.2 Å². The van der Waals surface area contributed by atoms with Gasteiger partial charge in [0.2, 0.25) is 0 Å². The summed E-state index contributed by atoms with van der Waals surface area (Å²) in [5, 5.41) is 0. The molecule has 1 aromatic heterocycles. The molecule has 2 atom stereocenters. The highest BCUT2D eigenvalue weighted by Gasteiger charge is 2.45. The third kappa shape index (κ3) is 3.80.